The summed E-state index contributed by atoms with van der Waals surface area (Å²) in [6.07, 6.45) is 5.81. The molecule has 1 fully saturated rings. The van der Waals surface area contributed by atoms with Gasteiger partial charge in [0.15, 0.2) is 5.82 Å². The Morgan fingerprint density at radius 1 is 1.04 bits per heavy atom. The van der Waals surface area contributed by atoms with Crippen LogP contribution in [0.4, 0.5) is 5.82 Å². The second kappa shape index (κ2) is 5.68. The molecule has 5 heteroatoms. The summed E-state index contributed by atoms with van der Waals surface area (Å²) in [4.78, 5) is 13.4. The van der Waals surface area contributed by atoms with E-state index in [0.29, 0.717) is 12.4 Å². The molecule has 0 saturated heterocycles. The smallest absolute Gasteiger partial charge is 0.152 e. The topological polar surface area (TPSA) is 76.7 Å². The molecule has 0 unspecified atom stereocenters. The predicted octanol–water partition coefficient (Wildman–Crippen LogP) is 2.90. The minimum atomic E-state index is 0.469. The Balaban J connectivity index is 1.69. The van der Waals surface area contributed by atoms with Crippen LogP contribution in [0.1, 0.15) is 24.1 Å². The molecule has 2 heterocycles. The zero-order valence-electron chi connectivity index (χ0n) is 12.7. The summed E-state index contributed by atoms with van der Waals surface area (Å²) in [5.74, 6) is 0.469. The van der Waals surface area contributed by atoms with Crippen molar-refractivity contribution in [2.45, 2.75) is 19.4 Å². The normalized spacial score (nSPS) is 13.1. The fourth-order valence-corrected chi connectivity index (χ4v) is 2.58. The van der Waals surface area contributed by atoms with Crippen LogP contribution in [-0.4, -0.2) is 15.0 Å². The van der Waals surface area contributed by atoms with Crippen LogP contribution < -0.4 is 11.1 Å². The Morgan fingerprint density at radius 2 is 1.83 bits per heavy atom. The lowest BCUT2D eigenvalue weighted by atomic mass is 10.2. The summed E-state index contributed by atoms with van der Waals surface area (Å²) < 4.78 is 0. The molecule has 1 aliphatic rings. The molecule has 0 spiro atoms. The number of benzene rings is 1. The van der Waals surface area contributed by atoms with Crippen molar-refractivity contribution < 1.29 is 0 Å². The lowest BCUT2D eigenvalue weighted by molar-refractivity contribution is 0.874. The van der Waals surface area contributed by atoms with E-state index >= 15 is 0 Å². The Hall–Kier alpha value is -2.95. The number of hydrogen-bond acceptors (Lipinski definition) is 5. The summed E-state index contributed by atoms with van der Waals surface area (Å²) in [5, 5.41) is 3.48. The van der Waals surface area contributed by atoms with E-state index in [0.717, 1.165) is 40.8 Å². The summed E-state index contributed by atoms with van der Waals surface area (Å²) in [7, 11) is 0. The fraction of sp³-hybridized carbons (Fsp3) is 0.167. The highest BCUT2D eigenvalue weighted by Crippen LogP contribution is 2.36. The van der Waals surface area contributed by atoms with Crippen LogP contribution in [0.2, 0.25) is 0 Å². The number of aromatic nitrogens is 3. The van der Waals surface area contributed by atoms with Gasteiger partial charge in [0, 0.05) is 18.9 Å². The van der Waals surface area contributed by atoms with Crippen LogP contribution in [0.5, 0.6) is 0 Å². The average Bonchev–Trinajstić information content (AvgIpc) is 3.41. The Morgan fingerprint density at radius 3 is 2.52 bits per heavy atom. The molecular formula is C18H17N5. The van der Waals surface area contributed by atoms with E-state index in [1.807, 2.05) is 42.6 Å². The molecular weight excluding hydrogens is 286 g/mol. The second-order valence-corrected chi connectivity index (χ2v) is 5.64. The number of anilines is 1. The van der Waals surface area contributed by atoms with Gasteiger partial charge in [-0.05, 0) is 42.2 Å². The number of rotatable bonds is 4. The van der Waals surface area contributed by atoms with Crippen molar-refractivity contribution in [1.82, 2.24) is 20.3 Å². The Labute approximate surface area is 134 Å². The van der Waals surface area contributed by atoms with Gasteiger partial charge in [-0.1, -0.05) is 18.2 Å². The van der Waals surface area contributed by atoms with E-state index in [1.165, 1.54) is 5.57 Å². The molecule has 1 aromatic carbocycles. The summed E-state index contributed by atoms with van der Waals surface area (Å²) >= 11 is 0. The van der Waals surface area contributed by atoms with Crippen molar-refractivity contribution in [3.63, 3.8) is 0 Å². The molecule has 0 bridgehead atoms. The van der Waals surface area contributed by atoms with Gasteiger partial charge in [-0.3, -0.25) is 4.98 Å². The van der Waals surface area contributed by atoms with Gasteiger partial charge in [0.25, 0.3) is 0 Å². The maximum atomic E-state index is 6.16. The van der Waals surface area contributed by atoms with E-state index in [-0.39, 0.29) is 0 Å². The number of nitrogen functional groups attached to an aromatic ring is 1. The summed E-state index contributed by atoms with van der Waals surface area (Å²) in [6.45, 7) is 0.695. The third-order valence-corrected chi connectivity index (χ3v) is 3.88. The lowest BCUT2D eigenvalue weighted by Crippen LogP contribution is -2.15. The summed E-state index contributed by atoms with van der Waals surface area (Å²) in [6, 6.07) is 11.8. The number of nitrogens with one attached hydrogen (secondary N) is 1. The predicted molar refractivity (Wildman–Crippen MR) is 91.2 cm³/mol. The van der Waals surface area contributed by atoms with Crippen molar-refractivity contribution in [3.05, 3.63) is 65.6 Å². The molecule has 0 aliphatic heterocycles. The van der Waals surface area contributed by atoms with E-state index in [4.69, 9.17) is 10.7 Å². The van der Waals surface area contributed by atoms with Gasteiger partial charge in [-0.25, -0.2) is 9.97 Å². The second-order valence-electron chi connectivity index (χ2n) is 5.64. The quantitative estimate of drug-likeness (QED) is 0.775. The molecule has 0 atom stereocenters. The maximum Gasteiger partial charge on any atom is 0.152 e. The van der Waals surface area contributed by atoms with Gasteiger partial charge in [0.05, 0.1) is 16.7 Å². The van der Waals surface area contributed by atoms with Crippen LogP contribution in [0.15, 0.2) is 54.4 Å². The monoisotopic (exact) mass is 303 g/mol. The van der Waals surface area contributed by atoms with Gasteiger partial charge >= 0.3 is 0 Å². The standard InChI is InChI=1S/C18H17N5/c19-18-17(22-14-5-1-2-6-15(14)23-18)16(13-7-8-13)21-11-12-4-3-9-20-10-12/h1-6,9-10,21H,7-8,11H2,(H2,19,23). The minimum absolute atomic E-state index is 0.469. The van der Waals surface area contributed by atoms with Crippen LogP contribution in [0.25, 0.3) is 16.7 Å². The van der Waals surface area contributed by atoms with Crippen molar-refractivity contribution in [2.24, 2.45) is 0 Å². The van der Waals surface area contributed by atoms with Gasteiger partial charge in [-0.15, -0.1) is 0 Å². The number of para-hydroxylation sites is 2. The number of nitrogens with zero attached hydrogens (tertiary/aromatic N) is 3. The van der Waals surface area contributed by atoms with Gasteiger partial charge in [-0.2, -0.15) is 0 Å². The number of pyridine rings is 1. The lowest BCUT2D eigenvalue weighted by Gasteiger charge is -2.13. The molecule has 1 aliphatic carbocycles. The maximum absolute atomic E-state index is 6.16. The molecule has 2 aromatic heterocycles. The molecule has 4 rings (SSSR count). The van der Waals surface area contributed by atoms with Crippen LogP contribution in [-0.2, 0) is 6.54 Å². The third kappa shape index (κ3) is 2.85. The van der Waals surface area contributed by atoms with E-state index < -0.39 is 0 Å². The number of allylic oxidation sites excluding steroid dienone is 1. The highest BCUT2D eigenvalue weighted by Gasteiger charge is 2.22. The molecule has 3 N–H and O–H groups in total. The first-order valence-corrected chi connectivity index (χ1v) is 7.69. The molecule has 0 amide bonds. The first-order valence-electron chi connectivity index (χ1n) is 7.69. The van der Waals surface area contributed by atoms with Crippen molar-refractivity contribution in [1.29, 1.82) is 0 Å². The Kier molecular flexibility index (Phi) is 3.38. The minimum Gasteiger partial charge on any atom is -0.382 e. The fourth-order valence-electron chi connectivity index (χ4n) is 2.58. The van der Waals surface area contributed by atoms with Crippen LogP contribution in [0, 0.1) is 0 Å². The van der Waals surface area contributed by atoms with Crippen molar-refractivity contribution in [2.75, 3.05) is 5.73 Å². The first-order chi connectivity index (χ1) is 11.3. The molecule has 114 valence electrons. The highest BCUT2D eigenvalue weighted by molar-refractivity contribution is 5.82. The van der Waals surface area contributed by atoms with E-state index in [1.54, 1.807) is 6.20 Å². The average molecular weight is 303 g/mol. The molecule has 3 aromatic rings. The number of fused-ring (bicyclic) bond motifs is 1. The third-order valence-electron chi connectivity index (χ3n) is 3.88. The molecule has 1 saturated carbocycles. The van der Waals surface area contributed by atoms with Gasteiger partial charge in [0.2, 0.25) is 0 Å². The van der Waals surface area contributed by atoms with Gasteiger partial charge in [0.1, 0.15) is 5.69 Å². The van der Waals surface area contributed by atoms with Crippen LogP contribution in [0.3, 0.4) is 0 Å². The van der Waals surface area contributed by atoms with E-state index in [2.05, 4.69) is 15.3 Å². The van der Waals surface area contributed by atoms with Crippen LogP contribution >= 0.6 is 0 Å². The molecule has 23 heavy (non-hydrogen) atoms. The zero-order valence-corrected chi connectivity index (χ0v) is 12.7. The number of hydrogen-bond donors (Lipinski definition) is 2. The molecule has 5 nitrogen and oxygen atoms in total. The SMILES string of the molecule is Nc1nc2ccccc2nc1C(NCc1cccnc1)=C1CC1. The largest absolute Gasteiger partial charge is 0.382 e. The van der Waals surface area contributed by atoms with E-state index in [9.17, 15) is 0 Å². The highest BCUT2D eigenvalue weighted by atomic mass is 15.0. The summed E-state index contributed by atoms with van der Waals surface area (Å²) in [5.41, 5.74) is 12.1. The van der Waals surface area contributed by atoms with Crippen molar-refractivity contribution >= 4 is 22.5 Å². The first kappa shape index (κ1) is 13.7. The van der Waals surface area contributed by atoms with Crippen molar-refractivity contribution in [3.8, 4) is 0 Å². The molecule has 0 radical (unpaired) electrons. The van der Waals surface area contributed by atoms with Gasteiger partial charge < -0.3 is 11.1 Å². The Bertz CT molecular complexity index is 880. The zero-order chi connectivity index (χ0) is 15.6. The number of nitrogens with two attached hydrogens (primary N) is 1.